The first-order chi connectivity index (χ1) is 6.02. The number of allylic oxidation sites excluding steroid dienone is 2. The van der Waals surface area contributed by atoms with Crippen LogP contribution in [0.3, 0.4) is 0 Å². The summed E-state index contributed by atoms with van der Waals surface area (Å²) >= 11 is 0. The van der Waals surface area contributed by atoms with Crippen molar-refractivity contribution >= 4 is 0 Å². The lowest BCUT2D eigenvalue weighted by Gasteiger charge is -2.24. The van der Waals surface area contributed by atoms with Crippen molar-refractivity contribution in [2.45, 2.75) is 46.0 Å². The van der Waals surface area contributed by atoms with Gasteiger partial charge < -0.3 is 4.74 Å². The second-order valence-electron chi connectivity index (χ2n) is 4.54. The molecule has 1 aliphatic rings. The summed E-state index contributed by atoms with van der Waals surface area (Å²) in [7, 11) is 0. The van der Waals surface area contributed by atoms with Crippen LogP contribution in [0.25, 0.3) is 0 Å². The van der Waals surface area contributed by atoms with Crippen LogP contribution in [-0.2, 0) is 4.74 Å². The molecule has 0 unspecified atom stereocenters. The molecular formula is C12H20O. The van der Waals surface area contributed by atoms with E-state index in [1.165, 1.54) is 25.7 Å². The molecule has 0 aliphatic heterocycles. The first-order valence-corrected chi connectivity index (χ1v) is 5.03. The summed E-state index contributed by atoms with van der Waals surface area (Å²) in [5.41, 5.74) is 0.437. The van der Waals surface area contributed by atoms with Gasteiger partial charge in [0.05, 0.1) is 11.5 Å². The lowest BCUT2D eigenvalue weighted by Crippen LogP contribution is -2.12. The highest BCUT2D eigenvalue weighted by Crippen LogP contribution is 2.42. The zero-order valence-corrected chi connectivity index (χ0v) is 8.86. The van der Waals surface area contributed by atoms with Gasteiger partial charge in [0.25, 0.3) is 0 Å². The van der Waals surface area contributed by atoms with Crippen molar-refractivity contribution in [3.8, 4) is 0 Å². The van der Waals surface area contributed by atoms with Gasteiger partial charge in [0, 0.05) is 6.42 Å². The van der Waals surface area contributed by atoms with Crippen molar-refractivity contribution in [2.24, 2.45) is 5.41 Å². The molecule has 1 saturated carbocycles. The first-order valence-electron chi connectivity index (χ1n) is 5.03. The number of hydrogen-bond acceptors (Lipinski definition) is 1. The molecule has 1 fully saturated rings. The van der Waals surface area contributed by atoms with Gasteiger partial charge in [-0.15, -0.1) is 0 Å². The Hall–Kier alpha value is -0.720. The molecule has 0 radical (unpaired) electrons. The molecule has 0 aromatic carbocycles. The fourth-order valence-electron chi connectivity index (χ4n) is 2.16. The molecule has 0 aromatic rings. The molecule has 0 N–H and O–H groups in total. The maximum atomic E-state index is 5.39. The summed E-state index contributed by atoms with van der Waals surface area (Å²) in [5, 5.41) is 0. The molecule has 74 valence electrons. The normalized spacial score (nSPS) is 19.8. The summed E-state index contributed by atoms with van der Waals surface area (Å²) in [6, 6.07) is 0. The van der Waals surface area contributed by atoms with E-state index in [4.69, 9.17) is 4.74 Å². The molecule has 0 heterocycles. The summed E-state index contributed by atoms with van der Waals surface area (Å²) in [5.74, 6) is 1.61. The molecule has 0 amide bonds. The number of ether oxygens (including phenoxy) is 1. The van der Waals surface area contributed by atoms with Gasteiger partial charge in [-0.3, -0.25) is 0 Å². The van der Waals surface area contributed by atoms with Crippen LogP contribution in [0.4, 0.5) is 0 Å². The van der Waals surface area contributed by atoms with E-state index >= 15 is 0 Å². The smallest absolute Gasteiger partial charge is 0.0969 e. The molecule has 1 heteroatoms. The monoisotopic (exact) mass is 180 g/mol. The Morgan fingerprint density at radius 1 is 1.31 bits per heavy atom. The fourth-order valence-corrected chi connectivity index (χ4v) is 2.16. The quantitative estimate of drug-likeness (QED) is 0.594. The minimum Gasteiger partial charge on any atom is -0.468 e. The predicted molar refractivity (Wildman–Crippen MR) is 56.2 cm³/mol. The highest BCUT2D eigenvalue weighted by Gasteiger charge is 2.29. The Balaban J connectivity index is 2.38. The Kier molecular flexibility index (Phi) is 3.18. The second-order valence-corrected chi connectivity index (χ2v) is 4.54. The summed E-state index contributed by atoms with van der Waals surface area (Å²) in [6.07, 6.45) is 6.32. The van der Waals surface area contributed by atoms with Crippen LogP contribution >= 0.6 is 0 Å². The largest absolute Gasteiger partial charge is 0.468 e. The number of hydrogen-bond donors (Lipinski definition) is 0. The molecule has 13 heavy (non-hydrogen) atoms. The molecule has 0 saturated heterocycles. The van der Waals surface area contributed by atoms with E-state index in [1.807, 2.05) is 6.92 Å². The SMILES string of the molecule is C=C(C)OC(=C)CC1(C)CCCC1. The maximum absolute atomic E-state index is 5.39. The van der Waals surface area contributed by atoms with Crippen LogP contribution < -0.4 is 0 Å². The molecule has 0 aromatic heterocycles. The predicted octanol–water partition coefficient (Wildman–Crippen LogP) is 4.02. The highest BCUT2D eigenvalue weighted by molar-refractivity contribution is 4.97. The zero-order chi connectivity index (χ0) is 9.90. The van der Waals surface area contributed by atoms with Crippen LogP contribution in [0.2, 0.25) is 0 Å². The standard InChI is InChI=1S/C12H20O/c1-10(2)13-11(3)9-12(4)7-5-6-8-12/h1,3,5-9H2,2,4H3. The van der Waals surface area contributed by atoms with Gasteiger partial charge in [-0.1, -0.05) is 32.9 Å². The summed E-state index contributed by atoms with van der Waals surface area (Å²) in [4.78, 5) is 0. The zero-order valence-electron chi connectivity index (χ0n) is 8.86. The van der Waals surface area contributed by atoms with Crippen LogP contribution in [-0.4, -0.2) is 0 Å². The molecule has 0 bridgehead atoms. The molecule has 1 aliphatic carbocycles. The number of rotatable bonds is 4. The van der Waals surface area contributed by atoms with Crippen LogP contribution in [0.5, 0.6) is 0 Å². The Morgan fingerprint density at radius 3 is 2.31 bits per heavy atom. The maximum Gasteiger partial charge on any atom is 0.0969 e. The van der Waals surface area contributed by atoms with Gasteiger partial charge in [0.15, 0.2) is 0 Å². The van der Waals surface area contributed by atoms with E-state index < -0.39 is 0 Å². The van der Waals surface area contributed by atoms with Crippen LogP contribution in [0, 0.1) is 5.41 Å². The van der Waals surface area contributed by atoms with Gasteiger partial charge in [-0.25, -0.2) is 0 Å². The minimum atomic E-state index is 0.437. The average Bonchev–Trinajstić information content (AvgIpc) is 2.33. The summed E-state index contributed by atoms with van der Waals surface area (Å²) in [6.45, 7) is 11.8. The van der Waals surface area contributed by atoms with E-state index in [-0.39, 0.29) is 0 Å². The highest BCUT2D eigenvalue weighted by atomic mass is 16.5. The minimum absolute atomic E-state index is 0.437. The Morgan fingerprint density at radius 2 is 1.85 bits per heavy atom. The van der Waals surface area contributed by atoms with Crippen molar-refractivity contribution < 1.29 is 4.74 Å². The van der Waals surface area contributed by atoms with Crippen LogP contribution in [0.1, 0.15) is 46.0 Å². The van der Waals surface area contributed by atoms with Gasteiger partial charge in [0.2, 0.25) is 0 Å². The van der Waals surface area contributed by atoms with E-state index in [0.717, 1.165) is 17.9 Å². The Bertz CT molecular complexity index is 209. The Labute approximate surface area is 81.5 Å². The van der Waals surface area contributed by atoms with Crippen molar-refractivity contribution in [3.63, 3.8) is 0 Å². The fraction of sp³-hybridized carbons (Fsp3) is 0.667. The van der Waals surface area contributed by atoms with E-state index in [0.29, 0.717) is 5.41 Å². The van der Waals surface area contributed by atoms with Crippen molar-refractivity contribution in [1.82, 2.24) is 0 Å². The van der Waals surface area contributed by atoms with Gasteiger partial charge in [0.1, 0.15) is 0 Å². The van der Waals surface area contributed by atoms with E-state index in [1.54, 1.807) is 0 Å². The molecular weight excluding hydrogens is 160 g/mol. The summed E-state index contributed by atoms with van der Waals surface area (Å²) < 4.78 is 5.39. The molecule has 1 nitrogen and oxygen atoms in total. The average molecular weight is 180 g/mol. The molecule has 0 spiro atoms. The third-order valence-electron chi connectivity index (χ3n) is 2.75. The van der Waals surface area contributed by atoms with E-state index in [9.17, 15) is 0 Å². The van der Waals surface area contributed by atoms with Gasteiger partial charge >= 0.3 is 0 Å². The van der Waals surface area contributed by atoms with Gasteiger partial charge in [-0.05, 0) is 25.2 Å². The van der Waals surface area contributed by atoms with Crippen LogP contribution in [0.15, 0.2) is 24.7 Å². The molecule has 1 rings (SSSR count). The third-order valence-corrected chi connectivity index (χ3v) is 2.75. The van der Waals surface area contributed by atoms with Crippen molar-refractivity contribution in [3.05, 3.63) is 24.7 Å². The van der Waals surface area contributed by atoms with Crippen molar-refractivity contribution in [2.75, 3.05) is 0 Å². The first kappa shape index (κ1) is 10.4. The van der Waals surface area contributed by atoms with Gasteiger partial charge in [-0.2, -0.15) is 0 Å². The lowest BCUT2D eigenvalue weighted by molar-refractivity contribution is 0.230. The lowest BCUT2D eigenvalue weighted by atomic mass is 9.84. The van der Waals surface area contributed by atoms with Crippen molar-refractivity contribution in [1.29, 1.82) is 0 Å². The van der Waals surface area contributed by atoms with E-state index in [2.05, 4.69) is 20.1 Å². The molecule has 0 atom stereocenters. The second kappa shape index (κ2) is 3.99. The topological polar surface area (TPSA) is 9.23 Å². The third kappa shape index (κ3) is 3.25.